The highest BCUT2D eigenvalue weighted by Gasteiger charge is 2.40. The van der Waals surface area contributed by atoms with Crippen LogP contribution >= 0.6 is 11.6 Å². The van der Waals surface area contributed by atoms with Crippen LogP contribution in [0.1, 0.15) is 32.7 Å². The van der Waals surface area contributed by atoms with Gasteiger partial charge < -0.3 is 10.1 Å². The number of hydrogen-bond acceptors (Lipinski definition) is 3. The van der Waals surface area contributed by atoms with Crippen LogP contribution in [0.25, 0.3) is 0 Å². The number of rotatable bonds is 7. The predicted octanol–water partition coefficient (Wildman–Crippen LogP) is 6.81. The van der Waals surface area contributed by atoms with E-state index >= 15 is 0 Å². The Morgan fingerprint density at radius 2 is 1.68 bits per heavy atom. The highest BCUT2D eigenvalue weighted by atomic mass is 35.5. The molecule has 3 aromatic carbocycles. The second kappa shape index (κ2) is 10.8. The summed E-state index contributed by atoms with van der Waals surface area (Å²) in [6.45, 7) is -0.254. The number of nitrogens with one attached hydrogen (secondary N) is 1. The van der Waals surface area contributed by atoms with Crippen molar-refractivity contribution in [2.45, 2.75) is 11.6 Å². The molecule has 4 aromatic rings. The maximum Gasteiger partial charge on any atom is 0.419 e. The van der Waals surface area contributed by atoms with Crippen molar-refractivity contribution < 1.29 is 31.5 Å². The SMILES string of the molecule is COc1cc(F)cc(C(CNC(=O)c2ccc(F)c(C(F)(F)F)c2)(c2ccccc2)c2ccc(Cl)cn2)c1. The van der Waals surface area contributed by atoms with Crippen molar-refractivity contribution in [3.8, 4) is 5.75 Å². The highest BCUT2D eigenvalue weighted by Crippen LogP contribution is 2.40. The van der Waals surface area contributed by atoms with E-state index in [2.05, 4.69) is 10.3 Å². The van der Waals surface area contributed by atoms with E-state index in [4.69, 9.17) is 16.3 Å². The number of carbonyl (C=O) groups excluding carboxylic acids is 1. The molecule has 38 heavy (non-hydrogen) atoms. The maximum atomic E-state index is 14.7. The lowest BCUT2D eigenvalue weighted by atomic mass is 9.71. The summed E-state index contributed by atoms with van der Waals surface area (Å²) < 4.78 is 73.5. The Labute approximate surface area is 220 Å². The number of methoxy groups -OCH3 is 1. The minimum Gasteiger partial charge on any atom is -0.497 e. The van der Waals surface area contributed by atoms with Crippen LogP contribution in [0, 0.1) is 11.6 Å². The third kappa shape index (κ3) is 5.47. The molecule has 1 N–H and O–H groups in total. The first-order valence-corrected chi connectivity index (χ1v) is 11.6. The van der Waals surface area contributed by atoms with Gasteiger partial charge in [0.05, 0.1) is 28.8 Å². The van der Waals surface area contributed by atoms with Crippen molar-refractivity contribution in [3.63, 3.8) is 0 Å². The van der Waals surface area contributed by atoms with Gasteiger partial charge in [-0.2, -0.15) is 13.2 Å². The fourth-order valence-electron chi connectivity index (χ4n) is 4.23. The average molecular weight is 547 g/mol. The van der Waals surface area contributed by atoms with Gasteiger partial charge in [-0.15, -0.1) is 0 Å². The van der Waals surface area contributed by atoms with Gasteiger partial charge in [-0.05, 0) is 53.6 Å². The largest absolute Gasteiger partial charge is 0.497 e. The Hall–Kier alpha value is -3.98. The molecule has 196 valence electrons. The smallest absolute Gasteiger partial charge is 0.419 e. The van der Waals surface area contributed by atoms with E-state index in [1.54, 1.807) is 48.5 Å². The number of amides is 1. The van der Waals surface area contributed by atoms with Crippen LogP contribution in [0.5, 0.6) is 5.75 Å². The van der Waals surface area contributed by atoms with E-state index in [1.807, 2.05) is 0 Å². The Morgan fingerprint density at radius 1 is 0.947 bits per heavy atom. The fourth-order valence-corrected chi connectivity index (χ4v) is 4.35. The predicted molar refractivity (Wildman–Crippen MR) is 132 cm³/mol. The van der Waals surface area contributed by atoms with Gasteiger partial charge in [-0.25, -0.2) is 8.78 Å². The second-order valence-corrected chi connectivity index (χ2v) is 8.82. The van der Waals surface area contributed by atoms with E-state index in [-0.39, 0.29) is 12.3 Å². The fraction of sp³-hybridized carbons (Fsp3) is 0.143. The summed E-state index contributed by atoms with van der Waals surface area (Å²) in [5, 5.41) is 2.98. The Balaban J connectivity index is 1.87. The quantitative estimate of drug-likeness (QED) is 0.259. The molecule has 1 unspecified atom stereocenters. The molecule has 0 saturated heterocycles. The standard InChI is InChI=1S/C28H20ClF5N2O2/c1-38-22-13-19(12-21(30)14-22)27(18-5-3-2-4-6-18,25-10-8-20(29)15-35-25)16-36-26(37)17-7-9-24(31)23(11-17)28(32,33)34/h2-15H,16H2,1H3,(H,36,37). The molecule has 0 saturated carbocycles. The van der Waals surface area contributed by atoms with Crippen molar-refractivity contribution in [1.82, 2.24) is 10.3 Å². The number of alkyl halides is 3. The first-order chi connectivity index (χ1) is 18.0. The van der Waals surface area contributed by atoms with Crippen molar-refractivity contribution in [3.05, 3.63) is 130 Å². The van der Waals surface area contributed by atoms with Crippen molar-refractivity contribution in [2.75, 3.05) is 13.7 Å². The first kappa shape index (κ1) is 27.1. The molecule has 4 rings (SSSR count). The number of pyridine rings is 1. The third-order valence-corrected chi connectivity index (χ3v) is 6.30. The molecule has 10 heteroatoms. The molecule has 0 fully saturated rings. The lowest BCUT2D eigenvalue weighted by Gasteiger charge is -2.35. The van der Waals surface area contributed by atoms with Gasteiger partial charge >= 0.3 is 6.18 Å². The summed E-state index contributed by atoms with van der Waals surface area (Å²) in [7, 11) is 1.37. The van der Waals surface area contributed by atoms with E-state index in [1.165, 1.54) is 25.4 Å². The molecule has 1 heterocycles. The minimum atomic E-state index is -4.99. The van der Waals surface area contributed by atoms with Gasteiger partial charge in [0, 0.05) is 24.4 Å². The van der Waals surface area contributed by atoms with Gasteiger partial charge in [0.2, 0.25) is 0 Å². The third-order valence-electron chi connectivity index (χ3n) is 6.08. The van der Waals surface area contributed by atoms with Crippen LogP contribution < -0.4 is 10.1 Å². The molecule has 0 bridgehead atoms. The molecule has 0 spiro atoms. The molecular formula is C28H20ClF5N2O2. The number of benzene rings is 3. The number of ether oxygens (including phenoxy) is 1. The van der Waals surface area contributed by atoms with Gasteiger partial charge in [0.25, 0.3) is 5.91 Å². The van der Waals surface area contributed by atoms with Crippen LogP contribution in [-0.2, 0) is 11.6 Å². The molecule has 1 amide bonds. The number of hydrogen-bond donors (Lipinski definition) is 1. The number of aromatic nitrogens is 1. The summed E-state index contributed by atoms with van der Waals surface area (Å²) in [4.78, 5) is 17.5. The molecule has 0 aliphatic carbocycles. The molecule has 1 atom stereocenters. The van der Waals surface area contributed by atoms with Crippen LogP contribution in [0.15, 0.2) is 85.1 Å². The molecule has 4 nitrogen and oxygen atoms in total. The normalized spacial score (nSPS) is 13.0. The van der Waals surface area contributed by atoms with E-state index in [0.717, 1.165) is 6.07 Å². The molecule has 0 aliphatic heterocycles. The van der Waals surface area contributed by atoms with Crippen molar-refractivity contribution in [2.24, 2.45) is 0 Å². The van der Waals surface area contributed by atoms with Crippen molar-refractivity contribution >= 4 is 17.5 Å². The van der Waals surface area contributed by atoms with Crippen LogP contribution in [0.3, 0.4) is 0 Å². The van der Waals surface area contributed by atoms with Gasteiger partial charge in [-0.3, -0.25) is 9.78 Å². The summed E-state index contributed by atoms with van der Waals surface area (Å²) >= 11 is 6.06. The van der Waals surface area contributed by atoms with Gasteiger partial charge in [0.15, 0.2) is 0 Å². The second-order valence-electron chi connectivity index (χ2n) is 8.39. The van der Waals surface area contributed by atoms with E-state index in [0.29, 0.717) is 34.0 Å². The Morgan fingerprint density at radius 3 is 2.32 bits per heavy atom. The lowest BCUT2D eigenvalue weighted by Crippen LogP contribution is -2.43. The average Bonchev–Trinajstić information content (AvgIpc) is 2.89. The Bertz CT molecular complexity index is 1450. The summed E-state index contributed by atoms with van der Waals surface area (Å²) in [5.74, 6) is -2.81. The topological polar surface area (TPSA) is 51.2 Å². The lowest BCUT2D eigenvalue weighted by molar-refractivity contribution is -0.140. The minimum absolute atomic E-state index is 0.203. The van der Waals surface area contributed by atoms with Gasteiger partial charge in [0.1, 0.15) is 17.4 Å². The van der Waals surface area contributed by atoms with Crippen LogP contribution in [-0.4, -0.2) is 24.5 Å². The highest BCUT2D eigenvalue weighted by molar-refractivity contribution is 6.30. The first-order valence-electron chi connectivity index (χ1n) is 11.2. The molecule has 0 radical (unpaired) electrons. The van der Waals surface area contributed by atoms with E-state index < -0.39 is 40.3 Å². The monoisotopic (exact) mass is 546 g/mol. The summed E-state index contributed by atoms with van der Waals surface area (Å²) in [6, 6.07) is 18.0. The molecular weight excluding hydrogens is 527 g/mol. The van der Waals surface area contributed by atoms with Gasteiger partial charge in [-0.1, -0.05) is 41.9 Å². The van der Waals surface area contributed by atoms with Crippen LogP contribution in [0.2, 0.25) is 5.02 Å². The zero-order valence-electron chi connectivity index (χ0n) is 19.8. The molecule has 1 aromatic heterocycles. The van der Waals surface area contributed by atoms with Crippen molar-refractivity contribution in [1.29, 1.82) is 0 Å². The number of carbonyl (C=O) groups is 1. The zero-order valence-corrected chi connectivity index (χ0v) is 20.6. The molecule has 0 aliphatic rings. The maximum absolute atomic E-state index is 14.7. The zero-order chi connectivity index (χ0) is 27.5. The van der Waals surface area contributed by atoms with E-state index in [9.17, 15) is 26.7 Å². The Kier molecular flexibility index (Phi) is 7.68. The number of halogens is 6. The summed E-state index contributed by atoms with van der Waals surface area (Å²) in [6.07, 6.45) is -3.60. The summed E-state index contributed by atoms with van der Waals surface area (Å²) in [5.41, 5.74) is -1.97. The van der Waals surface area contributed by atoms with Crippen LogP contribution in [0.4, 0.5) is 22.0 Å². The number of nitrogens with zero attached hydrogens (tertiary/aromatic N) is 1.